The maximum atomic E-state index is 13.6. The predicted octanol–water partition coefficient (Wildman–Crippen LogP) is 3.12. The van der Waals surface area contributed by atoms with Gasteiger partial charge in [-0.25, -0.2) is 8.78 Å². The number of rotatable bonds is 3. The van der Waals surface area contributed by atoms with E-state index in [2.05, 4.69) is 10.3 Å². The third kappa shape index (κ3) is 2.56. The summed E-state index contributed by atoms with van der Waals surface area (Å²) in [6, 6.07) is 5.51. The molecule has 18 heavy (non-hydrogen) atoms. The summed E-state index contributed by atoms with van der Waals surface area (Å²) in [6.07, 6.45) is 3.28. The summed E-state index contributed by atoms with van der Waals surface area (Å²) in [5.41, 5.74) is 6.07. The lowest BCUT2D eigenvalue weighted by Crippen LogP contribution is -2.10. The van der Waals surface area contributed by atoms with Gasteiger partial charge in [-0.2, -0.15) is 0 Å². The first kappa shape index (κ1) is 12.3. The molecule has 0 saturated heterocycles. The highest BCUT2D eigenvalue weighted by atomic mass is 19.1. The number of nitrogens with one attached hydrogen (secondary N) is 1. The minimum atomic E-state index is -0.705. The van der Waals surface area contributed by atoms with Crippen LogP contribution in [0.3, 0.4) is 0 Å². The molecule has 1 atom stereocenters. The van der Waals surface area contributed by atoms with E-state index in [9.17, 15) is 8.78 Å². The van der Waals surface area contributed by atoms with Crippen molar-refractivity contribution in [2.45, 2.75) is 13.0 Å². The second-order valence-corrected chi connectivity index (χ2v) is 4.01. The lowest BCUT2D eigenvalue weighted by atomic mass is 10.1. The van der Waals surface area contributed by atoms with Crippen molar-refractivity contribution >= 4 is 11.4 Å². The van der Waals surface area contributed by atoms with Crippen LogP contribution in [0, 0.1) is 11.6 Å². The molecule has 1 heterocycles. The number of pyridine rings is 1. The second kappa shape index (κ2) is 5.00. The molecule has 3 nitrogen and oxygen atoms in total. The number of benzene rings is 1. The largest absolute Gasteiger partial charge is 0.399 e. The van der Waals surface area contributed by atoms with Gasteiger partial charge in [0.25, 0.3) is 0 Å². The molecule has 0 spiro atoms. The van der Waals surface area contributed by atoms with Gasteiger partial charge >= 0.3 is 0 Å². The van der Waals surface area contributed by atoms with E-state index in [0.29, 0.717) is 0 Å². The standard InChI is InChI=1S/C13H13F2N3/c1-8(9-3-2-4-17-7-9)18-13-11(14)5-10(16)6-12(13)15/h2-8,18H,16H2,1H3. The number of anilines is 2. The maximum Gasteiger partial charge on any atom is 0.151 e. The summed E-state index contributed by atoms with van der Waals surface area (Å²) in [5.74, 6) is -1.41. The Morgan fingerprint density at radius 2 is 1.94 bits per heavy atom. The fourth-order valence-corrected chi connectivity index (χ4v) is 1.66. The van der Waals surface area contributed by atoms with E-state index in [1.807, 2.05) is 6.07 Å². The van der Waals surface area contributed by atoms with Crippen LogP contribution in [-0.4, -0.2) is 4.98 Å². The Hall–Kier alpha value is -2.17. The molecule has 1 unspecified atom stereocenters. The van der Waals surface area contributed by atoms with Crippen LogP contribution in [0.4, 0.5) is 20.2 Å². The van der Waals surface area contributed by atoms with E-state index in [4.69, 9.17) is 5.73 Å². The van der Waals surface area contributed by atoms with Gasteiger partial charge in [0.15, 0.2) is 11.6 Å². The van der Waals surface area contributed by atoms with Crippen LogP contribution in [0.1, 0.15) is 18.5 Å². The molecule has 1 aromatic carbocycles. The molecule has 2 aromatic rings. The van der Waals surface area contributed by atoms with E-state index in [1.54, 1.807) is 25.4 Å². The summed E-state index contributed by atoms with van der Waals surface area (Å²) in [4.78, 5) is 3.96. The Kier molecular flexibility index (Phi) is 3.41. The van der Waals surface area contributed by atoms with E-state index in [-0.39, 0.29) is 17.4 Å². The number of nitrogens with zero attached hydrogens (tertiary/aromatic N) is 1. The van der Waals surface area contributed by atoms with Crippen molar-refractivity contribution < 1.29 is 8.78 Å². The maximum absolute atomic E-state index is 13.6. The average molecular weight is 249 g/mol. The van der Waals surface area contributed by atoms with Crippen LogP contribution >= 0.6 is 0 Å². The van der Waals surface area contributed by atoms with Crippen LogP contribution in [0.15, 0.2) is 36.7 Å². The third-order valence-corrected chi connectivity index (χ3v) is 2.61. The van der Waals surface area contributed by atoms with E-state index in [1.165, 1.54) is 0 Å². The molecule has 0 aliphatic carbocycles. The monoisotopic (exact) mass is 249 g/mol. The summed E-state index contributed by atoms with van der Waals surface area (Å²) in [7, 11) is 0. The number of nitrogen functional groups attached to an aromatic ring is 1. The highest BCUT2D eigenvalue weighted by molar-refractivity contribution is 5.54. The zero-order chi connectivity index (χ0) is 13.1. The Morgan fingerprint density at radius 1 is 1.28 bits per heavy atom. The molecule has 0 saturated carbocycles. The molecule has 5 heteroatoms. The van der Waals surface area contributed by atoms with Crippen molar-refractivity contribution in [3.8, 4) is 0 Å². The lowest BCUT2D eigenvalue weighted by molar-refractivity contribution is 0.585. The van der Waals surface area contributed by atoms with Gasteiger partial charge in [-0.3, -0.25) is 4.98 Å². The number of aromatic nitrogens is 1. The quantitative estimate of drug-likeness (QED) is 0.822. The summed E-state index contributed by atoms with van der Waals surface area (Å²) < 4.78 is 27.2. The Bertz CT molecular complexity index is 520. The van der Waals surface area contributed by atoms with Crippen molar-refractivity contribution in [1.29, 1.82) is 0 Å². The van der Waals surface area contributed by atoms with Gasteiger partial charge in [-0.15, -0.1) is 0 Å². The van der Waals surface area contributed by atoms with Crippen molar-refractivity contribution in [3.63, 3.8) is 0 Å². The lowest BCUT2D eigenvalue weighted by Gasteiger charge is -2.16. The van der Waals surface area contributed by atoms with Crippen molar-refractivity contribution in [1.82, 2.24) is 4.98 Å². The SMILES string of the molecule is CC(Nc1c(F)cc(N)cc1F)c1cccnc1. The minimum Gasteiger partial charge on any atom is -0.399 e. The highest BCUT2D eigenvalue weighted by Gasteiger charge is 2.13. The third-order valence-electron chi connectivity index (χ3n) is 2.61. The Balaban J connectivity index is 2.25. The fraction of sp³-hybridized carbons (Fsp3) is 0.154. The summed E-state index contributed by atoms with van der Waals surface area (Å²) in [6.45, 7) is 1.80. The first-order valence-electron chi connectivity index (χ1n) is 5.49. The molecule has 0 aliphatic rings. The number of hydrogen-bond donors (Lipinski definition) is 2. The molecule has 1 aromatic heterocycles. The van der Waals surface area contributed by atoms with Crippen LogP contribution in [0.2, 0.25) is 0 Å². The first-order valence-corrected chi connectivity index (χ1v) is 5.49. The topological polar surface area (TPSA) is 50.9 Å². The van der Waals surface area contributed by atoms with Gasteiger partial charge in [-0.1, -0.05) is 6.07 Å². The van der Waals surface area contributed by atoms with Crippen molar-refractivity contribution in [3.05, 3.63) is 53.9 Å². The fourth-order valence-electron chi connectivity index (χ4n) is 1.66. The molecular weight excluding hydrogens is 236 g/mol. The number of nitrogens with two attached hydrogens (primary N) is 1. The van der Waals surface area contributed by atoms with Gasteiger partial charge in [0.2, 0.25) is 0 Å². The summed E-state index contributed by atoms with van der Waals surface area (Å²) >= 11 is 0. The molecule has 0 aliphatic heterocycles. The van der Waals surface area contributed by atoms with Gasteiger partial charge in [0.1, 0.15) is 5.69 Å². The van der Waals surface area contributed by atoms with Crippen LogP contribution in [0.5, 0.6) is 0 Å². The summed E-state index contributed by atoms with van der Waals surface area (Å²) in [5, 5.41) is 2.78. The average Bonchev–Trinajstić information content (AvgIpc) is 2.34. The Labute approximate surface area is 104 Å². The van der Waals surface area contributed by atoms with Crippen LogP contribution < -0.4 is 11.1 Å². The number of halogens is 2. The predicted molar refractivity (Wildman–Crippen MR) is 67.0 cm³/mol. The molecule has 0 radical (unpaired) electrons. The van der Waals surface area contributed by atoms with Gasteiger partial charge in [0, 0.05) is 18.1 Å². The minimum absolute atomic E-state index is 0.0598. The smallest absolute Gasteiger partial charge is 0.151 e. The van der Waals surface area contributed by atoms with Gasteiger partial charge < -0.3 is 11.1 Å². The molecule has 0 fully saturated rings. The van der Waals surface area contributed by atoms with E-state index < -0.39 is 11.6 Å². The molecular formula is C13H13F2N3. The van der Waals surface area contributed by atoms with Crippen LogP contribution in [-0.2, 0) is 0 Å². The Morgan fingerprint density at radius 3 is 2.50 bits per heavy atom. The van der Waals surface area contributed by atoms with E-state index in [0.717, 1.165) is 17.7 Å². The van der Waals surface area contributed by atoms with Crippen molar-refractivity contribution in [2.24, 2.45) is 0 Å². The molecule has 94 valence electrons. The highest BCUT2D eigenvalue weighted by Crippen LogP contribution is 2.26. The molecule has 2 rings (SSSR count). The molecule has 3 N–H and O–H groups in total. The van der Waals surface area contributed by atoms with E-state index >= 15 is 0 Å². The van der Waals surface area contributed by atoms with Crippen LogP contribution in [0.25, 0.3) is 0 Å². The number of hydrogen-bond acceptors (Lipinski definition) is 3. The van der Waals surface area contributed by atoms with Crippen molar-refractivity contribution in [2.75, 3.05) is 11.1 Å². The normalized spacial score (nSPS) is 12.2. The first-order chi connectivity index (χ1) is 8.58. The molecule has 0 bridgehead atoms. The van der Waals surface area contributed by atoms with Gasteiger partial charge in [0.05, 0.1) is 6.04 Å². The second-order valence-electron chi connectivity index (χ2n) is 4.01. The zero-order valence-electron chi connectivity index (χ0n) is 9.82. The van der Waals surface area contributed by atoms with Gasteiger partial charge in [-0.05, 0) is 30.7 Å². The zero-order valence-corrected chi connectivity index (χ0v) is 9.82. The molecule has 0 amide bonds.